The van der Waals surface area contributed by atoms with Crippen LogP contribution in [0.3, 0.4) is 0 Å². The first-order valence-electron chi connectivity index (χ1n) is 8.89. The van der Waals surface area contributed by atoms with Gasteiger partial charge in [0.2, 0.25) is 5.89 Å². The molecule has 146 valence electrons. The van der Waals surface area contributed by atoms with Crippen LogP contribution in [0.2, 0.25) is 0 Å². The third-order valence-corrected chi connectivity index (χ3v) is 5.64. The maximum Gasteiger partial charge on any atom is 0.227 e. The average molecular weight is 610 g/mol. The Morgan fingerprint density at radius 1 is 1.10 bits per heavy atom. The van der Waals surface area contributed by atoms with Crippen molar-refractivity contribution in [2.75, 3.05) is 6.61 Å². The number of rotatable bonds is 5. The molecule has 4 rings (SSSR count). The summed E-state index contributed by atoms with van der Waals surface area (Å²) >= 11 is 4.33. The molecule has 0 aliphatic rings. The standard InChI is InChI=1S/C22H16I2N2O3/c1-2-28-17-6-3-13(4-7-17)22-26-19-11-16(5-8-20(19)29-22)25-12-14-9-15(23)10-18(24)21(14)27/h3-12,27H,2H2,1H3. The highest BCUT2D eigenvalue weighted by atomic mass is 127. The Kier molecular flexibility index (Phi) is 6.04. The lowest BCUT2D eigenvalue weighted by molar-refractivity contribution is 0.340. The lowest BCUT2D eigenvalue weighted by atomic mass is 10.2. The second kappa shape index (κ2) is 8.70. The molecular weight excluding hydrogens is 594 g/mol. The molecule has 0 spiro atoms. The van der Waals surface area contributed by atoms with E-state index < -0.39 is 0 Å². The van der Waals surface area contributed by atoms with E-state index in [1.807, 2.05) is 61.5 Å². The van der Waals surface area contributed by atoms with Crippen LogP contribution in [0.5, 0.6) is 11.5 Å². The molecule has 0 radical (unpaired) electrons. The number of nitrogens with zero attached hydrogens (tertiary/aromatic N) is 2. The van der Waals surface area contributed by atoms with Gasteiger partial charge in [-0.15, -0.1) is 0 Å². The van der Waals surface area contributed by atoms with Crippen LogP contribution in [-0.4, -0.2) is 22.9 Å². The van der Waals surface area contributed by atoms with Gasteiger partial charge in [0.1, 0.15) is 17.0 Å². The molecule has 1 N–H and O–H groups in total. The number of aliphatic imine (C=N–C) groups is 1. The van der Waals surface area contributed by atoms with Gasteiger partial charge in [-0.1, -0.05) is 0 Å². The molecule has 0 atom stereocenters. The van der Waals surface area contributed by atoms with Crippen LogP contribution in [0.4, 0.5) is 5.69 Å². The number of hydrogen-bond acceptors (Lipinski definition) is 5. The van der Waals surface area contributed by atoms with Crippen molar-refractivity contribution in [3.63, 3.8) is 0 Å². The van der Waals surface area contributed by atoms with E-state index in [-0.39, 0.29) is 5.75 Å². The highest BCUT2D eigenvalue weighted by molar-refractivity contribution is 14.1. The first-order chi connectivity index (χ1) is 14.0. The quantitative estimate of drug-likeness (QED) is 0.206. The Morgan fingerprint density at radius 2 is 1.90 bits per heavy atom. The maximum atomic E-state index is 10.2. The zero-order valence-corrected chi connectivity index (χ0v) is 19.7. The number of aromatic hydroxyl groups is 1. The van der Waals surface area contributed by atoms with Crippen molar-refractivity contribution in [1.29, 1.82) is 0 Å². The van der Waals surface area contributed by atoms with E-state index >= 15 is 0 Å². The lowest BCUT2D eigenvalue weighted by Gasteiger charge is -2.02. The summed E-state index contributed by atoms with van der Waals surface area (Å²) in [6, 6.07) is 17.0. The Balaban J connectivity index is 1.62. The zero-order chi connectivity index (χ0) is 20.4. The number of oxazole rings is 1. The third-order valence-electron chi connectivity index (χ3n) is 4.19. The molecule has 0 bridgehead atoms. The number of phenols is 1. The smallest absolute Gasteiger partial charge is 0.227 e. The van der Waals surface area contributed by atoms with E-state index in [0.717, 1.165) is 29.7 Å². The Labute approximate surface area is 195 Å². The van der Waals surface area contributed by atoms with Gasteiger partial charge in [0.05, 0.1) is 15.9 Å². The van der Waals surface area contributed by atoms with Gasteiger partial charge in [-0.25, -0.2) is 4.98 Å². The molecule has 0 amide bonds. The summed E-state index contributed by atoms with van der Waals surface area (Å²) < 4.78 is 13.2. The van der Waals surface area contributed by atoms with Gasteiger partial charge in [-0.2, -0.15) is 0 Å². The Bertz CT molecular complexity index is 1200. The van der Waals surface area contributed by atoms with Crippen molar-refractivity contribution in [3.05, 3.63) is 67.3 Å². The fourth-order valence-electron chi connectivity index (χ4n) is 2.81. The minimum atomic E-state index is 0.232. The van der Waals surface area contributed by atoms with E-state index in [2.05, 4.69) is 55.2 Å². The minimum absolute atomic E-state index is 0.232. The highest BCUT2D eigenvalue weighted by Crippen LogP contribution is 2.29. The predicted molar refractivity (Wildman–Crippen MR) is 131 cm³/mol. The molecule has 0 unspecified atom stereocenters. The second-order valence-electron chi connectivity index (χ2n) is 6.21. The van der Waals surface area contributed by atoms with E-state index in [1.165, 1.54) is 0 Å². The van der Waals surface area contributed by atoms with Crippen LogP contribution in [0.25, 0.3) is 22.6 Å². The van der Waals surface area contributed by atoms with Crippen molar-refractivity contribution in [1.82, 2.24) is 4.98 Å². The normalized spacial score (nSPS) is 11.4. The molecule has 4 aromatic rings. The predicted octanol–water partition coefficient (Wildman–Crippen LogP) is 6.56. The molecule has 5 nitrogen and oxygen atoms in total. The van der Waals surface area contributed by atoms with Crippen LogP contribution in [0.1, 0.15) is 12.5 Å². The van der Waals surface area contributed by atoms with Gasteiger partial charge in [0.25, 0.3) is 0 Å². The van der Waals surface area contributed by atoms with Gasteiger partial charge in [-0.05, 0) is 107 Å². The summed E-state index contributed by atoms with van der Waals surface area (Å²) in [5, 5.41) is 10.2. The van der Waals surface area contributed by atoms with Crippen molar-refractivity contribution in [2.24, 2.45) is 4.99 Å². The summed E-state index contributed by atoms with van der Waals surface area (Å²) in [5.74, 6) is 1.60. The van der Waals surface area contributed by atoms with Crippen molar-refractivity contribution >= 4 is 68.2 Å². The number of ether oxygens (including phenoxy) is 1. The average Bonchev–Trinajstić information content (AvgIpc) is 3.14. The molecule has 1 aromatic heterocycles. The molecule has 0 aliphatic heterocycles. The fourth-order valence-corrected chi connectivity index (χ4v) is 4.70. The van der Waals surface area contributed by atoms with Gasteiger partial charge in [-0.3, -0.25) is 4.99 Å². The monoisotopic (exact) mass is 610 g/mol. The molecule has 0 aliphatic carbocycles. The van der Waals surface area contributed by atoms with E-state index in [9.17, 15) is 5.11 Å². The summed E-state index contributed by atoms with van der Waals surface area (Å²) in [4.78, 5) is 9.08. The zero-order valence-electron chi connectivity index (χ0n) is 15.4. The number of fused-ring (bicyclic) bond motifs is 1. The van der Waals surface area contributed by atoms with Crippen LogP contribution in [0.15, 0.2) is 64.0 Å². The third kappa shape index (κ3) is 4.55. The largest absolute Gasteiger partial charge is 0.506 e. The van der Waals surface area contributed by atoms with Gasteiger partial charge in [0, 0.05) is 20.9 Å². The second-order valence-corrected chi connectivity index (χ2v) is 8.62. The van der Waals surface area contributed by atoms with E-state index in [4.69, 9.17) is 9.15 Å². The van der Waals surface area contributed by atoms with Gasteiger partial charge < -0.3 is 14.3 Å². The molecule has 1 heterocycles. The summed E-state index contributed by atoms with van der Waals surface area (Å²) in [6.45, 7) is 2.58. The lowest BCUT2D eigenvalue weighted by Crippen LogP contribution is -1.90. The molecule has 0 saturated heterocycles. The topological polar surface area (TPSA) is 67.9 Å². The summed E-state index contributed by atoms with van der Waals surface area (Å²) in [5.41, 5.74) is 3.71. The highest BCUT2D eigenvalue weighted by Gasteiger charge is 2.10. The Hall–Kier alpha value is -2.14. The Morgan fingerprint density at radius 3 is 2.66 bits per heavy atom. The molecule has 3 aromatic carbocycles. The van der Waals surface area contributed by atoms with Crippen LogP contribution >= 0.6 is 45.2 Å². The number of aromatic nitrogens is 1. The number of halogens is 2. The summed E-state index contributed by atoms with van der Waals surface area (Å²) in [6.07, 6.45) is 1.66. The first kappa shape index (κ1) is 20.1. The first-order valence-corrected chi connectivity index (χ1v) is 11.0. The van der Waals surface area contributed by atoms with Crippen LogP contribution < -0.4 is 4.74 Å². The molecule has 0 fully saturated rings. The van der Waals surface area contributed by atoms with Crippen molar-refractivity contribution < 1.29 is 14.3 Å². The van der Waals surface area contributed by atoms with Gasteiger partial charge >= 0.3 is 0 Å². The summed E-state index contributed by atoms with van der Waals surface area (Å²) in [7, 11) is 0. The SMILES string of the molecule is CCOc1ccc(-c2nc3cc(N=Cc4cc(I)cc(I)c4O)ccc3o2)cc1. The van der Waals surface area contributed by atoms with E-state index in [0.29, 0.717) is 23.6 Å². The number of benzene rings is 3. The minimum Gasteiger partial charge on any atom is -0.506 e. The van der Waals surface area contributed by atoms with E-state index in [1.54, 1.807) is 6.21 Å². The molecule has 7 heteroatoms. The van der Waals surface area contributed by atoms with Crippen LogP contribution in [-0.2, 0) is 0 Å². The molecule has 0 saturated carbocycles. The molecule has 29 heavy (non-hydrogen) atoms. The van der Waals surface area contributed by atoms with Crippen molar-refractivity contribution in [2.45, 2.75) is 6.92 Å². The maximum absolute atomic E-state index is 10.2. The molecular formula is C22H16I2N2O3. The number of hydrogen-bond donors (Lipinski definition) is 1. The van der Waals surface area contributed by atoms with Gasteiger partial charge in [0.15, 0.2) is 5.58 Å². The number of phenolic OH excluding ortho intramolecular Hbond substituents is 1. The van der Waals surface area contributed by atoms with Crippen LogP contribution in [0, 0.1) is 7.14 Å². The fraction of sp³-hybridized carbons (Fsp3) is 0.0909. The van der Waals surface area contributed by atoms with Crippen molar-refractivity contribution in [3.8, 4) is 23.0 Å².